The van der Waals surface area contributed by atoms with Crippen LogP contribution in [0.5, 0.6) is 0 Å². The molecule has 1 spiro atoms. The van der Waals surface area contributed by atoms with Gasteiger partial charge in [0.15, 0.2) is 5.58 Å². The second-order valence-corrected chi connectivity index (χ2v) is 16.7. The Morgan fingerprint density at radius 3 is 1.37 bits per heavy atom. The quantitative estimate of drug-likeness (QED) is 0.172. The summed E-state index contributed by atoms with van der Waals surface area (Å²) in [7, 11) is 0. The Hall–Kier alpha value is -8.20. The standard InChI is InChI=1S/C61H39NO/c1-2-15-40(16-3-1)41-29-34-44(35-30-41)62(58-27-14-23-52-51-22-9-13-28-59(51)63-60(52)58)45-36-31-42(32-37-45)43-33-38-57-53(39-43)50-21-8-12-26-56(50)61(57)54-24-10-6-19-48(54)46-17-4-5-18-47(46)49-20-7-11-25-55(49)61/h1-39H. The summed E-state index contributed by atoms with van der Waals surface area (Å²) in [5.74, 6) is 0. The Kier molecular flexibility index (Phi) is 7.85. The van der Waals surface area contributed by atoms with Gasteiger partial charge in [-0.3, -0.25) is 0 Å². The van der Waals surface area contributed by atoms with E-state index in [9.17, 15) is 0 Å². The largest absolute Gasteiger partial charge is 0.454 e. The van der Waals surface area contributed by atoms with Gasteiger partial charge in [-0.1, -0.05) is 194 Å². The normalized spacial score (nSPS) is 12.9. The molecule has 0 amide bonds. The first kappa shape index (κ1) is 35.5. The van der Waals surface area contributed by atoms with Gasteiger partial charge in [-0.25, -0.2) is 0 Å². The van der Waals surface area contributed by atoms with Crippen LogP contribution in [-0.2, 0) is 5.41 Å². The summed E-state index contributed by atoms with van der Waals surface area (Å²) < 4.78 is 6.64. The van der Waals surface area contributed by atoms with Crippen molar-refractivity contribution in [1.29, 1.82) is 0 Å². The average molecular weight is 802 g/mol. The number of rotatable bonds is 5. The Morgan fingerprint density at radius 2 is 0.746 bits per heavy atom. The van der Waals surface area contributed by atoms with Crippen LogP contribution >= 0.6 is 0 Å². The summed E-state index contributed by atoms with van der Waals surface area (Å²) in [5.41, 5.74) is 22.0. The number of benzene rings is 10. The summed E-state index contributed by atoms with van der Waals surface area (Å²) in [6, 6.07) is 86.5. The van der Waals surface area contributed by atoms with Crippen LogP contribution in [0, 0.1) is 0 Å². The van der Waals surface area contributed by atoms with Gasteiger partial charge >= 0.3 is 0 Å². The zero-order valence-electron chi connectivity index (χ0n) is 34.4. The molecule has 11 aromatic rings. The van der Waals surface area contributed by atoms with E-state index in [2.05, 4.69) is 235 Å². The van der Waals surface area contributed by atoms with Crippen molar-refractivity contribution in [2.24, 2.45) is 0 Å². The summed E-state index contributed by atoms with van der Waals surface area (Å²) in [4.78, 5) is 2.32. The maximum Gasteiger partial charge on any atom is 0.159 e. The van der Waals surface area contributed by atoms with Gasteiger partial charge < -0.3 is 9.32 Å². The van der Waals surface area contributed by atoms with E-state index < -0.39 is 5.41 Å². The van der Waals surface area contributed by atoms with Crippen LogP contribution in [0.15, 0.2) is 241 Å². The van der Waals surface area contributed by atoms with E-state index in [-0.39, 0.29) is 0 Å². The number of furan rings is 1. The minimum atomic E-state index is -0.491. The summed E-state index contributed by atoms with van der Waals surface area (Å²) in [5, 5.41) is 2.22. The second kappa shape index (κ2) is 13.9. The van der Waals surface area contributed by atoms with Crippen molar-refractivity contribution in [3.63, 3.8) is 0 Å². The third-order valence-corrected chi connectivity index (χ3v) is 13.5. The molecule has 10 aromatic carbocycles. The van der Waals surface area contributed by atoms with Gasteiger partial charge in [-0.15, -0.1) is 0 Å². The molecule has 0 fully saturated rings. The Balaban J connectivity index is 0.959. The lowest BCUT2D eigenvalue weighted by atomic mass is 9.66. The fourth-order valence-corrected chi connectivity index (χ4v) is 10.8. The number of para-hydroxylation sites is 2. The van der Waals surface area contributed by atoms with Crippen LogP contribution in [0.25, 0.3) is 77.6 Å². The number of nitrogens with zero attached hydrogens (tertiary/aromatic N) is 1. The second-order valence-electron chi connectivity index (χ2n) is 16.7. The smallest absolute Gasteiger partial charge is 0.159 e. The van der Waals surface area contributed by atoms with Gasteiger partial charge in [0.1, 0.15) is 5.58 Å². The minimum absolute atomic E-state index is 0.491. The van der Waals surface area contributed by atoms with Gasteiger partial charge in [-0.05, 0) is 120 Å². The van der Waals surface area contributed by atoms with Crippen molar-refractivity contribution in [2.45, 2.75) is 5.41 Å². The molecule has 0 N–H and O–H groups in total. The van der Waals surface area contributed by atoms with Crippen molar-refractivity contribution < 1.29 is 4.42 Å². The zero-order chi connectivity index (χ0) is 41.5. The average Bonchev–Trinajstić information content (AvgIpc) is 3.86. The van der Waals surface area contributed by atoms with Crippen molar-refractivity contribution in [3.05, 3.63) is 259 Å². The SMILES string of the molecule is c1ccc(-c2ccc(N(c3ccc(-c4ccc5c(c4)-c4ccccc4C54c5ccccc5-c5ccccc5-c5ccccc54)cc3)c3cccc4c3oc3ccccc34)cc2)cc1. The lowest BCUT2D eigenvalue weighted by Gasteiger charge is -2.35. The molecule has 0 bridgehead atoms. The first-order valence-electron chi connectivity index (χ1n) is 21.8. The van der Waals surface area contributed by atoms with Gasteiger partial charge in [0.25, 0.3) is 0 Å². The highest BCUT2D eigenvalue weighted by atomic mass is 16.3. The molecule has 1 aromatic heterocycles. The molecule has 2 nitrogen and oxygen atoms in total. The summed E-state index contributed by atoms with van der Waals surface area (Å²) in [6.45, 7) is 0. The van der Waals surface area contributed by atoms with Gasteiger partial charge in [0, 0.05) is 22.1 Å². The molecule has 294 valence electrons. The first-order chi connectivity index (χ1) is 31.3. The third kappa shape index (κ3) is 5.25. The van der Waals surface area contributed by atoms with E-state index in [1.807, 2.05) is 6.07 Å². The predicted molar refractivity (Wildman–Crippen MR) is 261 cm³/mol. The zero-order valence-corrected chi connectivity index (χ0v) is 34.4. The number of fused-ring (bicyclic) bond motifs is 15. The van der Waals surface area contributed by atoms with Crippen LogP contribution < -0.4 is 4.90 Å². The molecule has 2 heteroatoms. The molecule has 0 unspecified atom stereocenters. The van der Waals surface area contributed by atoms with E-state index in [0.29, 0.717) is 0 Å². The highest BCUT2D eigenvalue weighted by molar-refractivity contribution is 6.10. The molecular formula is C61H39NO. The van der Waals surface area contributed by atoms with Crippen LogP contribution in [0.3, 0.4) is 0 Å². The van der Waals surface area contributed by atoms with Crippen molar-refractivity contribution in [1.82, 2.24) is 0 Å². The molecule has 63 heavy (non-hydrogen) atoms. The van der Waals surface area contributed by atoms with E-state index in [1.165, 1.54) is 72.3 Å². The van der Waals surface area contributed by atoms with Gasteiger partial charge in [0.2, 0.25) is 0 Å². The molecule has 0 radical (unpaired) electrons. The van der Waals surface area contributed by atoms with E-state index in [0.717, 1.165) is 44.6 Å². The summed E-state index contributed by atoms with van der Waals surface area (Å²) >= 11 is 0. The van der Waals surface area contributed by atoms with E-state index in [1.54, 1.807) is 0 Å². The van der Waals surface area contributed by atoms with Gasteiger partial charge in [-0.2, -0.15) is 0 Å². The summed E-state index contributed by atoms with van der Waals surface area (Å²) in [6.07, 6.45) is 0. The number of anilines is 3. The predicted octanol–water partition coefficient (Wildman–Crippen LogP) is 16.4. The van der Waals surface area contributed by atoms with Crippen molar-refractivity contribution in [3.8, 4) is 55.6 Å². The highest BCUT2D eigenvalue weighted by Crippen LogP contribution is 2.61. The highest BCUT2D eigenvalue weighted by Gasteiger charge is 2.49. The molecule has 0 saturated heterocycles. The fraction of sp³-hybridized carbons (Fsp3) is 0.0164. The Bertz CT molecular complexity index is 3490. The van der Waals surface area contributed by atoms with E-state index in [4.69, 9.17) is 4.42 Å². The maximum atomic E-state index is 6.64. The minimum Gasteiger partial charge on any atom is -0.454 e. The third-order valence-electron chi connectivity index (χ3n) is 13.5. The Morgan fingerprint density at radius 1 is 0.302 bits per heavy atom. The molecule has 0 aliphatic heterocycles. The maximum absolute atomic E-state index is 6.64. The molecular weight excluding hydrogens is 763 g/mol. The molecule has 13 rings (SSSR count). The first-order valence-corrected chi connectivity index (χ1v) is 21.8. The van der Waals surface area contributed by atoms with Crippen molar-refractivity contribution in [2.75, 3.05) is 4.90 Å². The molecule has 2 aliphatic rings. The fourth-order valence-electron chi connectivity index (χ4n) is 10.8. The Labute approximate surface area is 366 Å². The molecule has 1 heterocycles. The van der Waals surface area contributed by atoms with E-state index >= 15 is 0 Å². The number of hydrogen-bond donors (Lipinski definition) is 0. The molecule has 0 atom stereocenters. The number of hydrogen-bond acceptors (Lipinski definition) is 2. The topological polar surface area (TPSA) is 16.4 Å². The van der Waals surface area contributed by atoms with Gasteiger partial charge in [0.05, 0.1) is 11.1 Å². The monoisotopic (exact) mass is 801 g/mol. The van der Waals surface area contributed by atoms with Crippen LogP contribution in [0.2, 0.25) is 0 Å². The van der Waals surface area contributed by atoms with Crippen LogP contribution in [-0.4, -0.2) is 0 Å². The van der Waals surface area contributed by atoms with Crippen LogP contribution in [0.1, 0.15) is 22.3 Å². The molecule has 2 aliphatic carbocycles. The molecule has 0 saturated carbocycles. The van der Waals surface area contributed by atoms with Crippen molar-refractivity contribution >= 4 is 39.0 Å². The lowest BCUT2D eigenvalue weighted by Crippen LogP contribution is -2.29. The van der Waals surface area contributed by atoms with Crippen LogP contribution in [0.4, 0.5) is 17.1 Å². The lowest BCUT2D eigenvalue weighted by molar-refractivity contribution is 0.669.